The number of amides is 1. The zero-order valence-electron chi connectivity index (χ0n) is 22.9. The van der Waals surface area contributed by atoms with Crippen LogP contribution in [0.4, 0.5) is 13.2 Å². The maximum atomic E-state index is 12.8. The van der Waals surface area contributed by atoms with Crippen LogP contribution in [0.1, 0.15) is 37.7 Å². The summed E-state index contributed by atoms with van der Waals surface area (Å²) in [6.45, 7) is 0.607. The van der Waals surface area contributed by atoms with Crippen LogP contribution in [-0.2, 0) is 21.5 Å². The molecule has 10 nitrogen and oxygen atoms in total. The molecule has 2 fully saturated rings. The van der Waals surface area contributed by atoms with Gasteiger partial charge in [-0.15, -0.1) is 0 Å². The topological polar surface area (TPSA) is 133 Å². The van der Waals surface area contributed by atoms with E-state index in [4.69, 9.17) is 0 Å². The molecule has 1 amide bonds. The molecule has 3 aromatic heterocycles. The van der Waals surface area contributed by atoms with Crippen molar-refractivity contribution >= 4 is 17.3 Å². The van der Waals surface area contributed by atoms with Crippen LogP contribution >= 0.6 is 0 Å². The van der Waals surface area contributed by atoms with Crippen molar-refractivity contribution in [3.8, 4) is 34.5 Å². The van der Waals surface area contributed by atoms with Crippen molar-refractivity contribution in [2.45, 2.75) is 50.2 Å². The number of carbonyl (C=O) groups is 2. The molecule has 43 heavy (non-hydrogen) atoms. The SMILES string of the molecule is N#CCC1(n2cc(-c3cnn4c(-c5cccc(CC(=O)CCC(F)(F)F)c5)cnc4c3)cn2)CN(C(=O)C2(C#N)CC2)C1. The van der Waals surface area contributed by atoms with E-state index in [0.717, 1.165) is 11.1 Å². The highest BCUT2D eigenvalue weighted by Crippen LogP contribution is 2.48. The van der Waals surface area contributed by atoms with Crippen LogP contribution in [-0.4, -0.2) is 60.2 Å². The number of nitriles is 2. The minimum absolute atomic E-state index is 0.0966. The number of rotatable bonds is 9. The molecular formula is C30H25F3N8O2. The van der Waals surface area contributed by atoms with Gasteiger partial charge in [0.1, 0.15) is 16.7 Å². The second kappa shape index (κ2) is 10.3. The van der Waals surface area contributed by atoms with Crippen LogP contribution in [0, 0.1) is 28.1 Å². The molecule has 1 aromatic carbocycles. The Kier molecular flexibility index (Phi) is 6.76. The first-order valence-electron chi connectivity index (χ1n) is 13.7. The van der Waals surface area contributed by atoms with E-state index >= 15 is 0 Å². The number of ketones is 1. The number of hydrogen-bond donors (Lipinski definition) is 0. The Hall–Kier alpha value is -5.04. The van der Waals surface area contributed by atoms with Crippen molar-refractivity contribution in [3.05, 3.63) is 60.7 Å². The largest absolute Gasteiger partial charge is 0.389 e. The van der Waals surface area contributed by atoms with E-state index in [1.165, 1.54) is 0 Å². The number of hydrogen-bond acceptors (Lipinski definition) is 7. The van der Waals surface area contributed by atoms with Crippen molar-refractivity contribution < 1.29 is 22.8 Å². The lowest BCUT2D eigenvalue weighted by Crippen LogP contribution is -2.65. The van der Waals surface area contributed by atoms with E-state index in [9.17, 15) is 33.3 Å². The molecule has 1 saturated heterocycles. The van der Waals surface area contributed by atoms with Gasteiger partial charge in [0.25, 0.3) is 0 Å². The Morgan fingerprint density at radius 2 is 1.77 bits per heavy atom. The van der Waals surface area contributed by atoms with Gasteiger partial charge in [0, 0.05) is 48.8 Å². The van der Waals surface area contributed by atoms with E-state index in [0.29, 0.717) is 48.4 Å². The number of imidazole rings is 1. The summed E-state index contributed by atoms with van der Waals surface area (Å²) >= 11 is 0. The molecule has 1 aliphatic heterocycles. The second-order valence-corrected chi connectivity index (χ2v) is 11.3. The normalized spacial score (nSPS) is 16.7. The fraction of sp³-hybridized carbons (Fsp3) is 0.367. The number of benzene rings is 1. The lowest BCUT2D eigenvalue weighted by Gasteiger charge is -2.49. The number of Topliss-reactive ketones (excluding diaryl/α,β-unsaturated/α-hetero) is 1. The maximum Gasteiger partial charge on any atom is 0.389 e. The van der Waals surface area contributed by atoms with Gasteiger partial charge in [0.2, 0.25) is 5.91 Å². The lowest BCUT2D eigenvalue weighted by atomic mass is 9.85. The highest BCUT2D eigenvalue weighted by Gasteiger charge is 2.57. The molecule has 0 atom stereocenters. The maximum absolute atomic E-state index is 12.8. The van der Waals surface area contributed by atoms with Crippen LogP contribution < -0.4 is 0 Å². The zero-order chi connectivity index (χ0) is 30.4. The molecular weight excluding hydrogens is 561 g/mol. The van der Waals surface area contributed by atoms with E-state index in [-0.39, 0.29) is 18.7 Å². The molecule has 0 radical (unpaired) electrons. The van der Waals surface area contributed by atoms with Gasteiger partial charge in [-0.05, 0) is 30.5 Å². The van der Waals surface area contributed by atoms with Gasteiger partial charge in [-0.2, -0.15) is 33.9 Å². The molecule has 4 heterocycles. The van der Waals surface area contributed by atoms with Crippen molar-refractivity contribution in [2.75, 3.05) is 13.1 Å². The summed E-state index contributed by atoms with van der Waals surface area (Å²) in [5, 5.41) is 27.9. The van der Waals surface area contributed by atoms with E-state index in [2.05, 4.69) is 27.3 Å². The quantitative estimate of drug-likeness (QED) is 0.283. The summed E-state index contributed by atoms with van der Waals surface area (Å²) in [6.07, 6.45) is 1.90. The highest BCUT2D eigenvalue weighted by atomic mass is 19.4. The van der Waals surface area contributed by atoms with Gasteiger partial charge < -0.3 is 4.90 Å². The highest BCUT2D eigenvalue weighted by molar-refractivity contribution is 5.89. The van der Waals surface area contributed by atoms with Crippen LogP contribution in [0.25, 0.3) is 28.0 Å². The molecule has 4 aromatic rings. The fourth-order valence-corrected chi connectivity index (χ4v) is 5.49. The second-order valence-electron chi connectivity index (χ2n) is 11.3. The van der Waals surface area contributed by atoms with Gasteiger partial charge >= 0.3 is 6.18 Å². The number of likely N-dealkylation sites (tertiary alicyclic amines) is 1. The van der Waals surface area contributed by atoms with Gasteiger partial charge in [-0.1, -0.05) is 18.2 Å². The van der Waals surface area contributed by atoms with Gasteiger partial charge in [0.15, 0.2) is 5.65 Å². The minimum atomic E-state index is -4.37. The van der Waals surface area contributed by atoms with Crippen LogP contribution in [0.5, 0.6) is 0 Å². The molecule has 218 valence electrons. The predicted molar refractivity (Wildman–Crippen MR) is 146 cm³/mol. The number of fused-ring (bicyclic) bond motifs is 1. The Balaban J connectivity index is 1.19. The predicted octanol–water partition coefficient (Wildman–Crippen LogP) is 4.47. The van der Waals surface area contributed by atoms with E-state index < -0.39 is 35.8 Å². The van der Waals surface area contributed by atoms with Crippen LogP contribution in [0.3, 0.4) is 0 Å². The van der Waals surface area contributed by atoms with Crippen LogP contribution in [0.15, 0.2) is 55.1 Å². The number of aromatic nitrogens is 5. The van der Waals surface area contributed by atoms with Crippen molar-refractivity contribution in [1.82, 2.24) is 29.3 Å². The number of halogens is 3. The Labute approximate surface area is 244 Å². The minimum Gasteiger partial charge on any atom is -0.336 e. The molecule has 0 N–H and O–H groups in total. The summed E-state index contributed by atoms with van der Waals surface area (Å²) in [4.78, 5) is 31.0. The Morgan fingerprint density at radius 1 is 1.00 bits per heavy atom. The average Bonchev–Trinajstić information content (AvgIpc) is 3.40. The molecule has 0 spiro atoms. The third kappa shape index (κ3) is 5.34. The summed E-state index contributed by atoms with van der Waals surface area (Å²) in [7, 11) is 0. The molecule has 1 aliphatic carbocycles. The van der Waals surface area contributed by atoms with Gasteiger partial charge in [0.05, 0.1) is 49.3 Å². The number of carbonyl (C=O) groups excluding carboxylic acids is 2. The van der Waals surface area contributed by atoms with E-state index in [1.807, 2.05) is 18.3 Å². The lowest BCUT2D eigenvalue weighted by molar-refractivity contribution is -0.146. The monoisotopic (exact) mass is 586 g/mol. The molecule has 0 bridgehead atoms. The molecule has 2 aliphatic rings. The average molecular weight is 587 g/mol. The van der Waals surface area contributed by atoms with Crippen LogP contribution in [0.2, 0.25) is 0 Å². The first-order chi connectivity index (χ1) is 20.5. The smallest absolute Gasteiger partial charge is 0.336 e. The molecule has 6 rings (SSSR count). The third-order valence-electron chi connectivity index (χ3n) is 8.11. The summed E-state index contributed by atoms with van der Waals surface area (Å²) in [5.74, 6) is -0.665. The summed E-state index contributed by atoms with van der Waals surface area (Å²) < 4.78 is 40.8. The van der Waals surface area contributed by atoms with Gasteiger partial charge in [-0.3, -0.25) is 14.3 Å². The number of nitrogens with zero attached hydrogens (tertiary/aromatic N) is 8. The van der Waals surface area contributed by atoms with Gasteiger partial charge in [-0.25, -0.2) is 9.50 Å². The third-order valence-corrected chi connectivity index (χ3v) is 8.11. The standard InChI is InChI=1S/C30H25F3N8O2/c31-30(32,33)5-4-24(42)11-20-2-1-3-21(10-20)25-15-36-26-12-22(13-38-41(25)26)23-14-37-40(16-23)29(8-9-34)18-39(19-29)27(43)28(17-35)6-7-28/h1-3,10,12-16H,4-8,11,18-19H2. The Morgan fingerprint density at radius 3 is 2.47 bits per heavy atom. The first-order valence-corrected chi connectivity index (χ1v) is 13.7. The number of alkyl halides is 3. The molecule has 1 saturated carbocycles. The van der Waals surface area contributed by atoms with Crippen molar-refractivity contribution in [2.24, 2.45) is 5.41 Å². The zero-order valence-corrected chi connectivity index (χ0v) is 22.9. The molecule has 13 heteroatoms. The van der Waals surface area contributed by atoms with E-state index in [1.54, 1.807) is 50.9 Å². The Bertz CT molecular complexity index is 1820. The van der Waals surface area contributed by atoms with Crippen molar-refractivity contribution in [1.29, 1.82) is 10.5 Å². The molecule has 0 unspecified atom stereocenters. The summed E-state index contributed by atoms with van der Waals surface area (Å²) in [5.41, 5.74) is 2.42. The fourth-order valence-electron chi connectivity index (χ4n) is 5.49. The first kappa shape index (κ1) is 28.1. The summed E-state index contributed by atoms with van der Waals surface area (Å²) in [6, 6.07) is 13.2. The van der Waals surface area contributed by atoms with Crippen molar-refractivity contribution in [3.63, 3.8) is 0 Å².